The molecular weight excluding hydrogens is 178 g/mol. The Labute approximate surface area is 84.0 Å². The van der Waals surface area contributed by atoms with Gasteiger partial charge in [-0.25, -0.2) is 0 Å². The minimum atomic E-state index is -1.31. The summed E-state index contributed by atoms with van der Waals surface area (Å²) in [6.07, 6.45) is 2.23. The van der Waals surface area contributed by atoms with Gasteiger partial charge in [-0.2, -0.15) is 0 Å². The van der Waals surface area contributed by atoms with Gasteiger partial charge < -0.3 is 10.2 Å². The summed E-state index contributed by atoms with van der Waals surface area (Å²) in [5.74, 6) is 0. The van der Waals surface area contributed by atoms with Crippen LogP contribution in [0.25, 0.3) is 0 Å². The first kappa shape index (κ1) is 13.1. The molecule has 0 aliphatic heterocycles. The van der Waals surface area contributed by atoms with Gasteiger partial charge in [-0.05, 0) is 37.5 Å². The second-order valence-corrected chi connectivity index (χ2v) is 8.36. The molecule has 0 aromatic carbocycles. The van der Waals surface area contributed by atoms with E-state index in [1.165, 1.54) is 18.1 Å². The van der Waals surface area contributed by atoms with E-state index in [9.17, 15) is 0 Å². The summed E-state index contributed by atoms with van der Waals surface area (Å²) in [5, 5.41) is 0. The van der Waals surface area contributed by atoms with E-state index < -0.39 is 8.32 Å². The Balaban J connectivity index is 3.68. The molecule has 3 heteroatoms. The maximum absolute atomic E-state index is 6.06. The van der Waals surface area contributed by atoms with Crippen LogP contribution in [-0.4, -0.2) is 21.5 Å². The zero-order valence-corrected chi connectivity index (χ0v) is 10.4. The monoisotopic (exact) mass is 203 g/mol. The van der Waals surface area contributed by atoms with Crippen LogP contribution in [0.3, 0.4) is 0 Å². The molecular formula is C10H25NOSi. The number of hydrogen-bond donors (Lipinski definition) is 1. The van der Waals surface area contributed by atoms with Crippen LogP contribution < -0.4 is 5.73 Å². The Kier molecular flexibility index (Phi) is 7.61. The Bertz CT molecular complexity index is 107. The van der Waals surface area contributed by atoms with Crippen molar-refractivity contribution >= 4 is 8.32 Å². The van der Waals surface area contributed by atoms with Crippen molar-refractivity contribution in [2.75, 3.05) is 13.2 Å². The second-order valence-electron chi connectivity index (χ2n) is 3.59. The summed E-state index contributed by atoms with van der Waals surface area (Å²) in [7, 11) is -1.31. The standard InChI is InChI=1S/C10H25NOSi/c1-4-13(5-2,6-3)12-10-8-7-9-11/h4-11H2,1-3H3. The summed E-state index contributed by atoms with van der Waals surface area (Å²) in [4.78, 5) is 0. The van der Waals surface area contributed by atoms with E-state index in [1.54, 1.807) is 0 Å². The van der Waals surface area contributed by atoms with Gasteiger partial charge in [-0.1, -0.05) is 20.8 Å². The molecule has 0 unspecified atom stereocenters. The number of hydrogen-bond acceptors (Lipinski definition) is 2. The van der Waals surface area contributed by atoms with Gasteiger partial charge in [0.2, 0.25) is 0 Å². The normalized spacial score (nSPS) is 12.0. The maximum Gasteiger partial charge on any atom is 0.191 e. The first-order valence-electron chi connectivity index (χ1n) is 5.58. The molecule has 13 heavy (non-hydrogen) atoms. The fraction of sp³-hybridized carbons (Fsp3) is 1.00. The smallest absolute Gasteiger partial charge is 0.191 e. The molecule has 0 aliphatic rings. The highest BCUT2D eigenvalue weighted by Crippen LogP contribution is 2.21. The van der Waals surface area contributed by atoms with Crippen LogP contribution in [0.1, 0.15) is 33.6 Å². The topological polar surface area (TPSA) is 35.2 Å². The molecule has 0 radical (unpaired) electrons. The molecule has 0 heterocycles. The van der Waals surface area contributed by atoms with Crippen molar-refractivity contribution in [3.05, 3.63) is 0 Å². The largest absolute Gasteiger partial charge is 0.417 e. The highest BCUT2D eigenvalue weighted by molar-refractivity contribution is 6.73. The van der Waals surface area contributed by atoms with Gasteiger partial charge in [0.25, 0.3) is 0 Å². The molecule has 0 amide bonds. The lowest BCUT2D eigenvalue weighted by atomic mass is 10.3. The van der Waals surface area contributed by atoms with Gasteiger partial charge >= 0.3 is 0 Å². The van der Waals surface area contributed by atoms with Crippen LogP contribution in [0, 0.1) is 0 Å². The number of unbranched alkanes of at least 4 members (excludes halogenated alkanes) is 1. The summed E-state index contributed by atoms with van der Waals surface area (Å²) in [5.41, 5.74) is 5.43. The van der Waals surface area contributed by atoms with Crippen molar-refractivity contribution in [1.82, 2.24) is 0 Å². The predicted molar refractivity (Wildman–Crippen MR) is 61.4 cm³/mol. The number of rotatable bonds is 8. The molecule has 0 fully saturated rings. The van der Waals surface area contributed by atoms with Crippen molar-refractivity contribution in [2.24, 2.45) is 5.73 Å². The predicted octanol–water partition coefficient (Wildman–Crippen LogP) is 2.75. The molecule has 0 atom stereocenters. The van der Waals surface area contributed by atoms with Crippen LogP contribution in [0.4, 0.5) is 0 Å². The Morgan fingerprint density at radius 1 is 1.00 bits per heavy atom. The van der Waals surface area contributed by atoms with Gasteiger partial charge in [0.05, 0.1) is 0 Å². The fourth-order valence-corrected chi connectivity index (χ4v) is 4.28. The quantitative estimate of drug-likeness (QED) is 0.486. The van der Waals surface area contributed by atoms with Crippen molar-refractivity contribution < 1.29 is 4.43 Å². The fourth-order valence-electron chi connectivity index (χ4n) is 1.59. The van der Waals surface area contributed by atoms with E-state index in [0.717, 1.165) is 26.0 Å². The van der Waals surface area contributed by atoms with Crippen LogP contribution in [0.2, 0.25) is 18.1 Å². The molecule has 0 rings (SSSR count). The van der Waals surface area contributed by atoms with Gasteiger partial charge in [-0.3, -0.25) is 0 Å². The highest BCUT2D eigenvalue weighted by atomic mass is 28.4. The zero-order valence-electron chi connectivity index (χ0n) is 9.44. The molecule has 80 valence electrons. The van der Waals surface area contributed by atoms with Gasteiger partial charge in [0.1, 0.15) is 0 Å². The van der Waals surface area contributed by atoms with Crippen molar-refractivity contribution in [2.45, 2.75) is 51.7 Å². The van der Waals surface area contributed by atoms with E-state index in [2.05, 4.69) is 20.8 Å². The van der Waals surface area contributed by atoms with E-state index in [4.69, 9.17) is 10.2 Å². The first-order valence-corrected chi connectivity index (χ1v) is 8.11. The third-order valence-corrected chi connectivity index (χ3v) is 7.62. The summed E-state index contributed by atoms with van der Waals surface area (Å²) in [6.45, 7) is 8.52. The molecule has 0 saturated heterocycles. The lowest BCUT2D eigenvalue weighted by molar-refractivity contribution is 0.290. The molecule has 0 bridgehead atoms. The molecule has 0 aromatic rings. The van der Waals surface area contributed by atoms with Crippen LogP contribution in [0.15, 0.2) is 0 Å². The lowest BCUT2D eigenvalue weighted by Crippen LogP contribution is -2.36. The molecule has 0 spiro atoms. The summed E-state index contributed by atoms with van der Waals surface area (Å²) in [6, 6.07) is 3.76. The van der Waals surface area contributed by atoms with Gasteiger partial charge in [0.15, 0.2) is 8.32 Å². The molecule has 2 nitrogen and oxygen atoms in total. The highest BCUT2D eigenvalue weighted by Gasteiger charge is 2.27. The van der Waals surface area contributed by atoms with Crippen molar-refractivity contribution in [3.8, 4) is 0 Å². The zero-order chi connectivity index (χ0) is 10.2. The molecule has 0 aromatic heterocycles. The van der Waals surface area contributed by atoms with Gasteiger partial charge in [-0.15, -0.1) is 0 Å². The third kappa shape index (κ3) is 4.79. The van der Waals surface area contributed by atoms with Gasteiger partial charge in [0, 0.05) is 6.61 Å². The van der Waals surface area contributed by atoms with E-state index in [1.807, 2.05) is 0 Å². The van der Waals surface area contributed by atoms with Crippen LogP contribution >= 0.6 is 0 Å². The maximum atomic E-state index is 6.06. The minimum Gasteiger partial charge on any atom is -0.417 e. The SMILES string of the molecule is CC[Si](CC)(CC)OCCCCN. The molecule has 0 saturated carbocycles. The van der Waals surface area contributed by atoms with E-state index >= 15 is 0 Å². The Morgan fingerprint density at radius 2 is 1.54 bits per heavy atom. The lowest BCUT2D eigenvalue weighted by Gasteiger charge is -2.27. The van der Waals surface area contributed by atoms with Crippen LogP contribution in [-0.2, 0) is 4.43 Å². The average Bonchev–Trinajstić information content (AvgIpc) is 2.20. The number of nitrogens with two attached hydrogens (primary N) is 1. The third-order valence-electron chi connectivity index (χ3n) is 2.94. The van der Waals surface area contributed by atoms with Crippen molar-refractivity contribution in [1.29, 1.82) is 0 Å². The molecule has 2 N–H and O–H groups in total. The van der Waals surface area contributed by atoms with E-state index in [-0.39, 0.29) is 0 Å². The molecule has 0 aliphatic carbocycles. The first-order chi connectivity index (χ1) is 6.24. The average molecular weight is 203 g/mol. The minimum absolute atomic E-state index is 0.794. The summed E-state index contributed by atoms with van der Waals surface area (Å²) >= 11 is 0. The summed E-state index contributed by atoms with van der Waals surface area (Å²) < 4.78 is 6.06. The Morgan fingerprint density at radius 3 is 1.92 bits per heavy atom. The Hall–Kier alpha value is 0.137. The second kappa shape index (κ2) is 7.53. The van der Waals surface area contributed by atoms with E-state index in [0.29, 0.717) is 0 Å². The van der Waals surface area contributed by atoms with Crippen molar-refractivity contribution in [3.63, 3.8) is 0 Å². The van der Waals surface area contributed by atoms with Crippen LogP contribution in [0.5, 0.6) is 0 Å².